The molecule has 1 aromatic carbocycles. The molecule has 0 saturated heterocycles. The van der Waals surface area contributed by atoms with E-state index in [4.69, 9.17) is 5.73 Å². The minimum Gasteiger partial charge on any atom is -0.347 e. The van der Waals surface area contributed by atoms with E-state index < -0.39 is 0 Å². The van der Waals surface area contributed by atoms with Gasteiger partial charge in [-0.3, -0.25) is 0 Å². The molecule has 0 saturated carbocycles. The van der Waals surface area contributed by atoms with Crippen LogP contribution in [0.3, 0.4) is 0 Å². The molecule has 0 aliphatic rings. The van der Waals surface area contributed by atoms with E-state index in [2.05, 4.69) is 58.4 Å². The minimum atomic E-state index is 0.0177. The fourth-order valence-electron chi connectivity index (χ4n) is 3.08. The summed E-state index contributed by atoms with van der Waals surface area (Å²) >= 11 is 0. The fraction of sp³-hybridized carbons (Fsp3) is 0.500. The van der Waals surface area contributed by atoms with E-state index in [9.17, 15) is 0 Å². The number of rotatable bonds is 2. The summed E-state index contributed by atoms with van der Waals surface area (Å²) in [6.45, 7) is 11.7. The molecule has 1 aromatic heterocycles. The van der Waals surface area contributed by atoms with Crippen LogP contribution >= 0.6 is 0 Å². The molecule has 2 aromatic rings. The van der Waals surface area contributed by atoms with Crippen LogP contribution in [0.2, 0.25) is 0 Å². The van der Waals surface area contributed by atoms with Crippen LogP contribution < -0.4 is 5.73 Å². The maximum atomic E-state index is 5.97. The topological polar surface area (TPSA) is 30.9 Å². The van der Waals surface area contributed by atoms with Gasteiger partial charge in [-0.1, -0.05) is 25.5 Å². The first kappa shape index (κ1) is 13.2. The molecule has 0 aliphatic carbocycles. The highest BCUT2D eigenvalue weighted by atomic mass is 15.0. The summed E-state index contributed by atoms with van der Waals surface area (Å²) in [7, 11) is 2.15. The Kier molecular flexibility index (Phi) is 3.02. The summed E-state index contributed by atoms with van der Waals surface area (Å²) in [4.78, 5) is 0. The largest absolute Gasteiger partial charge is 0.347 e. The first-order valence-corrected chi connectivity index (χ1v) is 6.56. The zero-order chi connectivity index (χ0) is 13.7. The third-order valence-electron chi connectivity index (χ3n) is 4.10. The first-order chi connectivity index (χ1) is 8.29. The molecule has 0 unspecified atom stereocenters. The van der Waals surface area contributed by atoms with Gasteiger partial charge in [0.15, 0.2) is 0 Å². The number of benzene rings is 1. The van der Waals surface area contributed by atoms with Crippen molar-refractivity contribution in [2.45, 2.75) is 40.0 Å². The van der Waals surface area contributed by atoms with E-state index in [1.54, 1.807) is 0 Å². The Morgan fingerprint density at radius 3 is 2.33 bits per heavy atom. The van der Waals surface area contributed by atoms with Gasteiger partial charge >= 0.3 is 0 Å². The molecule has 0 aliphatic heterocycles. The highest BCUT2D eigenvalue weighted by Gasteiger charge is 2.26. The predicted octanol–water partition coefficient (Wildman–Crippen LogP) is 3.34. The van der Waals surface area contributed by atoms with Crippen molar-refractivity contribution < 1.29 is 0 Å². The quantitative estimate of drug-likeness (QED) is 0.863. The lowest BCUT2D eigenvalue weighted by molar-refractivity contribution is 0.537. The average Bonchev–Trinajstić information content (AvgIpc) is 2.51. The molecule has 0 atom stereocenters. The molecule has 0 spiro atoms. The van der Waals surface area contributed by atoms with Gasteiger partial charge in [-0.2, -0.15) is 0 Å². The lowest BCUT2D eigenvalue weighted by atomic mass is 9.82. The Bertz CT molecular complexity index is 603. The van der Waals surface area contributed by atoms with E-state index in [1.165, 1.54) is 33.3 Å². The van der Waals surface area contributed by atoms with Crippen molar-refractivity contribution in [3.05, 3.63) is 34.5 Å². The Balaban J connectivity index is 2.94. The van der Waals surface area contributed by atoms with Crippen molar-refractivity contribution in [2.24, 2.45) is 12.8 Å². The number of hydrogen-bond donors (Lipinski definition) is 1. The molecular formula is C16H24N2. The predicted molar refractivity (Wildman–Crippen MR) is 79.2 cm³/mol. The zero-order valence-corrected chi connectivity index (χ0v) is 12.4. The van der Waals surface area contributed by atoms with Gasteiger partial charge in [-0.25, -0.2) is 0 Å². The molecule has 18 heavy (non-hydrogen) atoms. The number of hydrogen-bond acceptors (Lipinski definition) is 1. The van der Waals surface area contributed by atoms with Crippen molar-refractivity contribution in [3.8, 4) is 0 Å². The molecule has 98 valence electrons. The number of aryl methyl sites for hydroxylation is 3. The monoisotopic (exact) mass is 244 g/mol. The van der Waals surface area contributed by atoms with Crippen LogP contribution in [0.5, 0.6) is 0 Å². The van der Waals surface area contributed by atoms with E-state index >= 15 is 0 Å². The van der Waals surface area contributed by atoms with E-state index in [1.807, 2.05) is 0 Å². The van der Waals surface area contributed by atoms with Gasteiger partial charge in [0.2, 0.25) is 0 Å². The first-order valence-electron chi connectivity index (χ1n) is 6.56. The fourth-order valence-corrected chi connectivity index (χ4v) is 3.08. The van der Waals surface area contributed by atoms with Crippen molar-refractivity contribution in [3.63, 3.8) is 0 Å². The Morgan fingerprint density at radius 1 is 1.17 bits per heavy atom. The second-order valence-electron chi connectivity index (χ2n) is 6.09. The van der Waals surface area contributed by atoms with Crippen LogP contribution in [0, 0.1) is 20.8 Å². The van der Waals surface area contributed by atoms with Crippen LogP contribution in [0.1, 0.15) is 36.2 Å². The molecule has 0 fully saturated rings. The zero-order valence-electron chi connectivity index (χ0n) is 12.4. The van der Waals surface area contributed by atoms with E-state index in [0.717, 1.165) is 0 Å². The summed E-state index contributed by atoms with van der Waals surface area (Å²) in [5.41, 5.74) is 12.7. The molecule has 0 bridgehead atoms. The van der Waals surface area contributed by atoms with Gasteiger partial charge in [-0.05, 0) is 38.0 Å². The summed E-state index contributed by atoms with van der Waals surface area (Å²) in [5.74, 6) is 0. The molecule has 1 heterocycles. The van der Waals surface area contributed by atoms with E-state index in [-0.39, 0.29) is 5.41 Å². The van der Waals surface area contributed by atoms with Gasteiger partial charge in [-0.15, -0.1) is 0 Å². The molecule has 2 nitrogen and oxygen atoms in total. The summed E-state index contributed by atoms with van der Waals surface area (Å²) in [6, 6.07) is 4.54. The summed E-state index contributed by atoms with van der Waals surface area (Å²) in [5, 5.41) is 1.36. The second-order valence-corrected chi connectivity index (χ2v) is 6.09. The average molecular weight is 244 g/mol. The maximum Gasteiger partial charge on any atom is 0.0512 e. The molecule has 0 radical (unpaired) electrons. The van der Waals surface area contributed by atoms with Crippen molar-refractivity contribution >= 4 is 10.9 Å². The molecule has 2 rings (SSSR count). The Hall–Kier alpha value is -1.28. The minimum absolute atomic E-state index is 0.0177. The summed E-state index contributed by atoms with van der Waals surface area (Å²) in [6.07, 6.45) is 0. The highest BCUT2D eigenvalue weighted by Crippen LogP contribution is 2.36. The Labute approximate surface area is 110 Å². The number of fused-ring (bicyclic) bond motifs is 1. The lowest BCUT2D eigenvalue weighted by Crippen LogP contribution is -2.28. The smallest absolute Gasteiger partial charge is 0.0512 e. The molecule has 2 heteroatoms. The molecule has 0 amide bonds. The molecule has 2 N–H and O–H groups in total. The highest BCUT2D eigenvalue weighted by molar-refractivity contribution is 5.89. The van der Waals surface area contributed by atoms with E-state index in [0.29, 0.717) is 6.54 Å². The SMILES string of the molecule is Cc1cc(C)c2c(c1)c(C(C)(C)CN)c(C)n2C. The van der Waals surface area contributed by atoms with Crippen LogP contribution in [0.25, 0.3) is 10.9 Å². The van der Waals surface area contributed by atoms with Crippen molar-refractivity contribution in [1.82, 2.24) is 4.57 Å². The lowest BCUT2D eigenvalue weighted by Gasteiger charge is -2.23. The third-order valence-corrected chi connectivity index (χ3v) is 4.10. The third kappa shape index (κ3) is 1.76. The molecular weight excluding hydrogens is 220 g/mol. The standard InChI is InChI=1S/C16H24N2/c1-10-7-11(2)15-13(8-10)14(12(3)18(15)6)16(4,5)9-17/h7-8H,9,17H2,1-6H3. The van der Waals surface area contributed by atoms with Crippen LogP contribution in [-0.4, -0.2) is 11.1 Å². The van der Waals surface area contributed by atoms with Gasteiger partial charge in [0.25, 0.3) is 0 Å². The second kappa shape index (κ2) is 4.13. The van der Waals surface area contributed by atoms with Crippen LogP contribution in [0.4, 0.5) is 0 Å². The van der Waals surface area contributed by atoms with Gasteiger partial charge in [0.1, 0.15) is 0 Å². The van der Waals surface area contributed by atoms with Crippen LogP contribution in [-0.2, 0) is 12.5 Å². The summed E-state index contributed by atoms with van der Waals surface area (Å²) < 4.78 is 2.30. The van der Waals surface area contributed by atoms with Gasteiger partial charge < -0.3 is 10.3 Å². The van der Waals surface area contributed by atoms with Gasteiger partial charge in [0.05, 0.1) is 5.52 Å². The Morgan fingerprint density at radius 2 is 1.78 bits per heavy atom. The normalized spacial score (nSPS) is 12.4. The number of nitrogens with two attached hydrogens (primary N) is 1. The van der Waals surface area contributed by atoms with Crippen molar-refractivity contribution in [1.29, 1.82) is 0 Å². The number of aromatic nitrogens is 1. The van der Waals surface area contributed by atoms with Gasteiger partial charge in [0, 0.05) is 30.1 Å². The number of nitrogens with zero attached hydrogens (tertiary/aromatic N) is 1. The van der Waals surface area contributed by atoms with Crippen LogP contribution in [0.15, 0.2) is 12.1 Å². The maximum absolute atomic E-state index is 5.97. The van der Waals surface area contributed by atoms with Crippen molar-refractivity contribution in [2.75, 3.05) is 6.54 Å².